The molecule has 2 aliphatic rings. The van der Waals surface area contributed by atoms with Gasteiger partial charge in [-0.2, -0.15) is 0 Å². The first-order valence-corrected chi connectivity index (χ1v) is 9.75. The molecule has 0 spiro atoms. The van der Waals surface area contributed by atoms with Crippen molar-refractivity contribution < 1.29 is 20.1 Å². The number of benzene rings is 1. The lowest BCUT2D eigenvalue weighted by Crippen LogP contribution is -2.58. The maximum absolute atomic E-state index is 11.3. The number of hydrogen-bond acceptors (Lipinski definition) is 3. The highest BCUT2D eigenvalue weighted by Gasteiger charge is 2.57. The van der Waals surface area contributed by atoms with Crippen LogP contribution in [0.4, 0.5) is 0 Å². The van der Waals surface area contributed by atoms with Gasteiger partial charge >= 0.3 is 5.97 Å². The molecule has 4 atom stereocenters. The zero-order chi connectivity index (χ0) is 19.3. The molecule has 0 aromatic heterocycles. The largest absolute Gasteiger partial charge is 0.508 e. The third-order valence-electron chi connectivity index (χ3n) is 7.51. The van der Waals surface area contributed by atoms with Crippen LogP contribution in [-0.2, 0) is 6.42 Å². The van der Waals surface area contributed by atoms with Crippen molar-refractivity contribution in [2.24, 2.45) is 22.7 Å². The summed E-state index contributed by atoms with van der Waals surface area (Å²) < 4.78 is 0. The van der Waals surface area contributed by atoms with Crippen LogP contribution < -0.4 is 0 Å². The summed E-state index contributed by atoms with van der Waals surface area (Å²) in [6.07, 6.45) is 5.70. The summed E-state index contributed by atoms with van der Waals surface area (Å²) in [4.78, 5) is 11.3. The standard InChI is InChI=1S/C22H32O4/c1-20(2)9-5-10-21(3)17(20)8-11-22(4,26)18(21)13-15-12-14(19(24)25)6-7-16(15)23/h6-7,12,17-18,23,26H,5,8-11,13H2,1-4H3,(H,24,25)/t17-,18+,21-,22+/m0/s1. The average Bonchev–Trinajstić information content (AvgIpc) is 2.51. The predicted molar refractivity (Wildman–Crippen MR) is 101 cm³/mol. The van der Waals surface area contributed by atoms with E-state index in [9.17, 15) is 20.1 Å². The van der Waals surface area contributed by atoms with Crippen molar-refractivity contribution in [3.63, 3.8) is 0 Å². The van der Waals surface area contributed by atoms with Crippen molar-refractivity contribution in [1.82, 2.24) is 0 Å². The molecule has 2 aliphatic carbocycles. The molecule has 1 aromatic carbocycles. The van der Waals surface area contributed by atoms with E-state index < -0.39 is 11.6 Å². The van der Waals surface area contributed by atoms with E-state index >= 15 is 0 Å². The smallest absolute Gasteiger partial charge is 0.335 e. The Labute approximate surface area is 156 Å². The maximum Gasteiger partial charge on any atom is 0.335 e. The van der Waals surface area contributed by atoms with E-state index in [-0.39, 0.29) is 28.1 Å². The molecule has 3 N–H and O–H groups in total. The summed E-state index contributed by atoms with van der Waals surface area (Å²) in [7, 11) is 0. The highest BCUT2D eigenvalue weighted by molar-refractivity contribution is 5.88. The number of carboxylic acids is 1. The molecule has 4 heteroatoms. The van der Waals surface area contributed by atoms with Gasteiger partial charge in [0.15, 0.2) is 0 Å². The molecule has 2 fully saturated rings. The molecule has 1 aromatic rings. The van der Waals surface area contributed by atoms with Gasteiger partial charge in [-0.05, 0) is 85.5 Å². The fraction of sp³-hybridized carbons (Fsp3) is 0.682. The fourth-order valence-corrected chi connectivity index (χ4v) is 6.18. The number of fused-ring (bicyclic) bond motifs is 1. The second-order valence-corrected chi connectivity index (χ2v) is 9.70. The minimum Gasteiger partial charge on any atom is -0.508 e. The van der Waals surface area contributed by atoms with Crippen LogP contribution in [0.5, 0.6) is 5.75 Å². The fourth-order valence-electron chi connectivity index (χ4n) is 6.18. The Balaban J connectivity index is 2.01. The molecule has 2 saturated carbocycles. The van der Waals surface area contributed by atoms with Crippen molar-refractivity contribution in [1.29, 1.82) is 0 Å². The summed E-state index contributed by atoms with van der Waals surface area (Å²) >= 11 is 0. The predicted octanol–water partition coefficient (Wildman–Crippen LogP) is 4.63. The molecular formula is C22H32O4. The molecule has 0 amide bonds. The number of aromatic carboxylic acids is 1. The average molecular weight is 360 g/mol. The number of carbonyl (C=O) groups is 1. The van der Waals surface area contributed by atoms with Crippen LogP contribution >= 0.6 is 0 Å². The van der Waals surface area contributed by atoms with Gasteiger partial charge in [-0.1, -0.05) is 27.2 Å². The summed E-state index contributed by atoms with van der Waals surface area (Å²) in [6.45, 7) is 8.90. The van der Waals surface area contributed by atoms with Crippen LogP contribution in [0.25, 0.3) is 0 Å². The molecule has 3 rings (SSSR count). The minimum atomic E-state index is -0.996. The SMILES string of the molecule is CC1(C)CCC[C@]2(C)[C@@H](Cc3cc(C(=O)O)ccc3O)[C@](C)(O)CC[C@@H]12. The topological polar surface area (TPSA) is 77.8 Å². The highest BCUT2D eigenvalue weighted by Crippen LogP contribution is 2.62. The van der Waals surface area contributed by atoms with E-state index in [4.69, 9.17) is 0 Å². The Kier molecular flexibility index (Phi) is 4.63. The van der Waals surface area contributed by atoms with Gasteiger partial charge in [-0.15, -0.1) is 0 Å². The zero-order valence-electron chi connectivity index (χ0n) is 16.4. The number of aromatic hydroxyl groups is 1. The molecule has 0 bridgehead atoms. The van der Waals surface area contributed by atoms with E-state index in [0.717, 1.165) is 25.7 Å². The Morgan fingerprint density at radius 1 is 1.15 bits per heavy atom. The Bertz CT molecular complexity index is 706. The Morgan fingerprint density at radius 2 is 1.85 bits per heavy atom. The molecule has 26 heavy (non-hydrogen) atoms. The molecule has 0 saturated heterocycles. The van der Waals surface area contributed by atoms with Gasteiger partial charge < -0.3 is 15.3 Å². The first kappa shape index (κ1) is 19.2. The Hall–Kier alpha value is -1.55. The van der Waals surface area contributed by atoms with Gasteiger partial charge in [-0.3, -0.25) is 0 Å². The van der Waals surface area contributed by atoms with Crippen molar-refractivity contribution in [3.8, 4) is 5.75 Å². The van der Waals surface area contributed by atoms with Crippen LogP contribution in [0.15, 0.2) is 18.2 Å². The van der Waals surface area contributed by atoms with Gasteiger partial charge in [0.2, 0.25) is 0 Å². The van der Waals surface area contributed by atoms with Crippen LogP contribution in [0, 0.1) is 22.7 Å². The van der Waals surface area contributed by atoms with Crippen LogP contribution in [0.2, 0.25) is 0 Å². The number of hydrogen-bond donors (Lipinski definition) is 3. The first-order valence-electron chi connectivity index (χ1n) is 9.75. The number of aliphatic hydroxyl groups is 1. The number of phenolic OH excluding ortho intramolecular Hbond substituents is 1. The number of phenols is 1. The van der Waals surface area contributed by atoms with Crippen molar-refractivity contribution in [2.75, 3.05) is 0 Å². The van der Waals surface area contributed by atoms with E-state index in [1.807, 2.05) is 6.92 Å². The van der Waals surface area contributed by atoms with E-state index in [1.165, 1.54) is 18.6 Å². The molecule has 144 valence electrons. The lowest BCUT2D eigenvalue weighted by atomic mass is 9.45. The maximum atomic E-state index is 11.3. The van der Waals surface area contributed by atoms with E-state index in [0.29, 0.717) is 17.9 Å². The summed E-state index contributed by atoms with van der Waals surface area (Å²) in [5, 5.41) is 30.9. The lowest BCUT2D eigenvalue weighted by Gasteiger charge is -2.61. The third-order valence-corrected chi connectivity index (χ3v) is 7.51. The molecule has 0 radical (unpaired) electrons. The lowest BCUT2D eigenvalue weighted by molar-refractivity contribution is -0.166. The van der Waals surface area contributed by atoms with Crippen molar-refractivity contribution >= 4 is 5.97 Å². The van der Waals surface area contributed by atoms with Crippen molar-refractivity contribution in [3.05, 3.63) is 29.3 Å². The highest BCUT2D eigenvalue weighted by atomic mass is 16.4. The summed E-state index contributed by atoms with van der Waals surface area (Å²) in [5.41, 5.74) is 0.214. The normalized spacial score (nSPS) is 36.3. The summed E-state index contributed by atoms with van der Waals surface area (Å²) in [5.74, 6) is -0.363. The third kappa shape index (κ3) is 3.13. The van der Waals surface area contributed by atoms with Gasteiger partial charge in [0.25, 0.3) is 0 Å². The minimum absolute atomic E-state index is 0.0109. The monoisotopic (exact) mass is 360 g/mol. The Morgan fingerprint density at radius 3 is 2.50 bits per heavy atom. The van der Waals surface area contributed by atoms with Crippen LogP contribution in [0.3, 0.4) is 0 Å². The van der Waals surface area contributed by atoms with Gasteiger partial charge in [-0.25, -0.2) is 4.79 Å². The van der Waals surface area contributed by atoms with Gasteiger partial charge in [0.05, 0.1) is 11.2 Å². The van der Waals surface area contributed by atoms with Crippen molar-refractivity contribution in [2.45, 2.75) is 71.8 Å². The number of rotatable bonds is 3. The molecule has 0 aliphatic heterocycles. The number of carboxylic acid groups (broad SMARTS) is 1. The van der Waals surface area contributed by atoms with E-state index in [1.54, 1.807) is 6.07 Å². The van der Waals surface area contributed by atoms with Gasteiger partial charge in [0.1, 0.15) is 5.75 Å². The second kappa shape index (κ2) is 6.26. The van der Waals surface area contributed by atoms with Crippen LogP contribution in [0.1, 0.15) is 75.7 Å². The molecule has 0 unspecified atom stereocenters. The molecule has 4 nitrogen and oxygen atoms in total. The van der Waals surface area contributed by atoms with Gasteiger partial charge in [0, 0.05) is 0 Å². The van der Waals surface area contributed by atoms with Crippen LogP contribution in [-0.4, -0.2) is 26.9 Å². The first-order chi connectivity index (χ1) is 12.0. The van der Waals surface area contributed by atoms with E-state index in [2.05, 4.69) is 20.8 Å². The zero-order valence-corrected chi connectivity index (χ0v) is 16.4. The second-order valence-electron chi connectivity index (χ2n) is 9.70. The quantitative estimate of drug-likeness (QED) is 0.734. The molecular weight excluding hydrogens is 328 g/mol. The summed E-state index contributed by atoms with van der Waals surface area (Å²) in [6, 6.07) is 4.45. The molecule has 0 heterocycles.